The van der Waals surface area contributed by atoms with E-state index in [2.05, 4.69) is 15.5 Å². The molecule has 0 spiro atoms. The number of likely N-dealkylation sites (N-methyl/N-ethyl adjacent to an activating group) is 1. The van der Waals surface area contributed by atoms with Crippen LogP contribution in [0.4, 0.5) is 4.79 Å². The van der Waals surface area contributed by atoms with Crippen molar-refractivity contribution in [2.45, 2.75) is 64.5 Å². The second kappa shape index (κ2) is 8.14. The van der Waals surface area contributed by atoms with Crippen molar-refractivity contribution in [3.63, 3.8) is 0 Å². The average Bonchev–Trinajstić information content (AvgIpc) is 3.37. The Morgan fingerprint density at radius 1 is 1.31 bits per heavy atom. The number of rotatable bonds is 6. The van der Waals surface area contributed by atoms with E-state index in [4.69, 9.17) is 0 Å². The van der Waals surface area contributed by atoms with E-state index in [1.54, 1.807) is 6.92 Å². The molecule has 4 rings (SSSR count). The third kappa shape index (κ3) is 3.75. The highest BCUT2D eigenvalue weighted by molar-refractivity contribution is 7.20. The van der Waals surface area contributed by atoms with Crippen molar-refractivity contribution in [2.75, 3.05) is 13.1 Å². The topological polar surface area (TPSA) is 98.4 Å². The van der Waals surface area contributed by atoms with E-state index in [-0.39, 0.29) is 23.9 Å². The molecule has 1 saturated carbocycles. The maximum atomic E-state index is 13.4. The molecule has 0 bridgehead atoms. The lowest BCUT2D eigenvalue weighted by Gasteiger charge is -2.34. The van der Waals surface area contributed by atoms with E-state index in [1.807, 2.05) is 17.9 Å². The lowest BCUT2D eigenvalue weighted by molar-refractivity contribution is -0.127. The van der Waals surface area contributed by atoms with Crippen LogP contribution in [0.15, 0.2) is 6.07 Å². The Hall–Kier alpha value is -2.42. The number of nitrogens with zero attached hydrogens (tertiary/aromatic N) is 3. The number of amides is 4. The van der Waals surface area contributed by atoms with Gasteiger partial charge in [-0.1, -0.05) is 19.3 Å². The van der Waals surface area contributed by atoms with Crippen LogP contribution in [-0.2, 0) is 4.79 Å². The normalized spacial score (nSPS) is 20.5. The average molecular weight is 418 g/mol. The minimum atomic E-state index is -0.551. The molecule has 29 heavy (non-hydrogen) atoms. The number of aryl methyl sites for hydroxylation is 1. The smallest absolute Gasteiger partial charge is 0.324 e. The van der Waals surface area contributed by atoms with Gasteiger partial charge in [0.25, 0.3) is 11.8 Å². The van der Waals surface area contributed by atoms with E-state index in [1.165, 1.54) is 22.7 Å². The molecule has 2 aromatic heterocycles. The van der Waals surface area contributed by atoms with E-state index >= 15 is 0 Å². The highest BCUT2D eigenvalue weighted by atomic mass is 32.1. The van der Waals surface area contributed by atoms with Crippen LogP contribution in [-0.4, -0.2) is 63.0 Å². The van der Waals surface area contributed by atoms with Crippen molar-refractivity contribution in [1.29, 1.82) is 0 Å². The Labute approximate surface area is 173 Å². The summed E-state index contributed by atoms with van der Waals surface area (Å²) in [5.74, 6) is -0.192. The number of carbonyl (C=O) groups is 3. The van der Waals surface area contributed by atoms with Crippen LogP contribution >= 0.6 is 11.3 Å². The van der Waals surface area contributed by atoms with Crippen molar-refractivity contribution in [3.05, 3.63) is 16.6 Å². The summed E-state index contributed by atoms with van der Waals surface area (Å²) in [5.41, 5.74) is 0.957. The quantitative estimate of drug-likeness (QED) is 0.706. The summed E-state index contributed by atoms with van der Waals surface area (Å²) in [4.78, 5) is 42.4. The van der Waals surface area contributed by atoms with Gasteiger partial charge < -0.3 is 10.2 Å². The molecule has 1 saturated heterocycles. The van der Waals surface area contributed by atoms with E-state index in [0.717, 1.165) is 41.6 Å². The minimum Gasteiger partial charge on any atom is -0.335 e. The summed E-state index contributed by atoms with van der Waals surface area (Å²) in [7, 11) is 0. The number of hydrogen-bond acceptors (Lipinski definition) is 5. The second-order valence-corrected chi connectivity index (χ2v) is 8.87. The van der Waals surface area contributed by atoms with Crippen molar-refractivity contribution in [2.24, 2.45) is 0 Å². The van der Waals surface area contributed by atoms with E-state index in [9.17, 15) is 14.4 Å². The first-order chi connectivity index (χ1) is 14.0. The van der Waals surface area contributed by atoms with Crippen molar-refractivity contribution < 1.29 is 14.4 Å². The van der Waals surface area contributed by atoms with Gasteiger partial charge in [0, 0.05) is 30.2 Å². The lowest BCUT2D eigenvalue weighted by atomic mass is 9.93. The zero-order valence-electron chi connectivity index (χ0n) is 16.9. The third-order valence-corrected chi connectivity index (χ3v) is 7.03. The molecule has 2 aliphatic rings. The molecule has 1 unspecified atom stereocenters. The molecule has 156 valence electrons. The Morgan fingerprint density at radius 3 is 2.72 bits per heavy atom. The number of aromatic nitrogens is 2. The van der Waals surface area contributed by atoms with Crippen LogP contribution in [0.5, 0.6) is 0 Å². The molecule has 1 aliphatic carbocycles. The fraction of sp³-hybridized carbons (Fsp3) is 0.600. The highest BCUT2D eigenvalue weighted by Crippen LogP contribution is 2.30. The van der Waals surface area contributed by atoms with Gasteiger partial charge in [0.05, 0.1) is 4.88 Å². The van der Waals surface area contributed by atoms with Gasteiger partial charge in [-0.3, -0.25) is 19.6 Å². The summed E-state index contributed by atoms with van der Waals surface area (Å²) in [5, 5.41) is 11.0. The highest BCUT2D eigenvalue weighted by Gasteiger charge is 2.38. The number of thiophene rings is 1. The Bertz CT molecular complexity index is 930. The molecule has 8 nitrogen and oxygen atoms in total. The number of nitrogens with one attached hydrogen (secondary N) is 2. The molecule has 2 aromatic rings. The standard InChI is InChI=1S/C20H27N5O3S/c1-3-24-18(26)15(21-20(24)28)9-10-25(13-7-5-4-6-8-13)19(27)16-11-14-12(2)22-23-17(14)29-16/h11,13,15H,3-10H2,1-2H3,(H,21,28)(H,22,23). The Morgan fingerprint density at radius 2 is 2.07 bits per heavy atom. The Balaban J connectivity index is 1.52. The fourth-order valence-electron chi connectivity index (χ4n) is 4.36. The molecule has 9 heteroatoms. The molecule has 2 N–H and O–H groups in total. The number of fused-ring (bicyclic) bond motifs is 1. The van der Waals surface area contributed by atoms with Gasteiger partial charge in [-0.15, -0.1) is 11.3 Å². The maximum Gasteiger partial charge on any atom is 0.324 e. The van der Waals surface area contributed by atoms with Gasteiger partial charge in [0.1, 0.15) is 10.9 Å². The molecule has 0 radical (unpaired) electrons. The van der Waals surface area contributed by atoms with Gasteiger partial charge in [-0.2, -0.15) is 5.10 Å². The number of urea groups is 1. The van der Waals surface area contributed by atoms with Crippen LogP contribution in [0, 0.1) is 6.92 Å². The summed E-state index contributed by atoms with van der Waals surface area (Å²) in [6.45, 7) is 4.55. The number of carbonyl (C=O) groups excluding carboxylic acids is 3. The predicted octanol–water partition coefficient (Wildman–Crippen LogP) is 3.04. The molecular weight excluding hydrogens is 390 g/mol. The van der Waals surface area contributed by atoms with Crippen LogP contribution in [0.2, 0.25) is 0 Å². The fourth-order valence-corrected chi connectivity index (χ4v) is 5.36. The van der Waals surface area contributed by atoms with Gasteiger partial charge in [0.15, 0.2) is 0 Å². The molecule has 1 aliphatic heterocycles. The third-order valence-electron chi connectivity index (χ3n) is 6.01. The number of hydrogen-bond donors (Lipinski definition) is 2. The van der Waals surface area contributed by atoms with Crippen LogP contribution < -0.4 is 5.32 Å². The monoisotopic (exact) mass is 417 g/mol. The molecule has 4 amide bonds. The minimum absolute atomic E-state index is 0.00317. The first-order valence-electron chi connectivity index (χ1n) is 10.4. The van der Waals surface area contributed by atoms with Gasteiger partial charge >= 0.3 is 6.03 Å². The predicted molar refractivity (Wildman–Crippen MR) is 111 cm³/mol. The van der Waals surface area contributed by atoms with Crippen LogP contribution in [0.1, 0.15) is 60.8 Å². The van der Waals surface area contributed by atoms with Crippen molar-refractivity contribution in [3.8, 4) is 0 Å². The number of aromatic amines is 1. The zero-order valence-corrected chi connectivity index (χ0v) is 17.7. The van der Waals surface area contributed by atoms with Gasteiger partial charge in [-0.05, 0) is 39.2 Å². The first kappa shape index (κ1) is 19.9. The summed E-state index contributed by atoms with van der Waals surface area (Å²) < 4.78 is 0. The van der Waals surface area contributed by atoms with E-state index < -0.39 is 6.04 Å². The molecule has 1 atom stereocenters. The molecular formula is C20H27N5O3S. The first-order valence-corrected chi connectivity index (χ1v) is 11.2. The lowest BCUT2D eigenvalue weighted by Crippen LogP contribution is -2.44. The summed E-state index contributed by atoms with van der Waals surface area (Å²) in [6.07, 6.45) is 5.84. The molecule has 3 heterocycles. The molecule has 2 fully saturated rings. The summed E-state index contributed by atoms with van der Waals surface area (Å²) in [6, 6.07) is 1.21. The van der Waals surface area contributed by atoms with Crippen molar-refractivity contribution in [1.82, 2.24) is 25.3 Å². The Kier molecular flexibility index (Phi) is 5.58. The second-order valence-electron chi connectivity index (χ2n) is 7.84. The van der Waals surface area contributed by atoms with Gasteiger partial charge in [0.2, 0.25) is 0 Å². The van der Waals surface area contributed by atoms with E-state index in [0.29, 0.717) is 24.4 Å². The zero-order chi connectivity index (χ0) is 20.5. The van der Waals surface area contributed by atoms with Gasteiger partial charge in [-0.25, -0.2) is 4.79 Å². The number of imide groups is 1. The SMILES string of the molecule is CCN1C(=O)NC(CCN(C(=O)c2cc3c(C)[nH]nc3s2)C2CCCCC2)C1=O. The van der Waals surface area contributed by atoms with Crippen molar-refractivity contribution >= 4 is 39.4 Å². The van der Waals surface area contributed by atoms with Crippen LogP contribution in [0.3, 0.4) is 0 Å². The number of H-pyrrole nitrogens is 1. The molecule has 0 aromatic carbocycles. The maximum absolute atomic E-state index is 13.4. The largest absolute Gasteiger partial charge is 0.335 e. The summed E-state index contributed by atoms with van der Waals surface area (Å²) >= 11 is 1.40. The van der Waals surface area contributed by atoms with Crippen LogP contribution in [0.25, 0.3) is 10.2 Å².